The van der Waals surface area contributed by atoms with E-state index in [1.165, 1.54) is 43.4 Å². The van der Waals surface area contributed by atoms with Crippen molar-refractivity contribution in [3.05, 3.63) is 266 Å². The van der Waals surface area contributed by atoms with Crippen LogP contribution in [-0.4, -0.2) is 28.7 Å². The Morgan fingerprint density at radius 2 is 0.566 bits per heavy atom. The minimum Gasteiger partial charge on any atom is -0.309 e. The Morgan fingerprint density at radius 1 is 0.253 bits per heavy atom. The highest BCUT2D eigenvalue weighted by Gasteiger charge is 2.29. The first kappa shape index (κ1) is 49.8. The molecule has 4 heterocycles. The minimum absolute atomic E-state index is 0.0908. The van der Waals surface area contributed by atoms with E-state index in [0.717, 1.165) is 89.1 Å². The molecule has 0 atom stereocenters. The summed E-state index contributed by atoms with van der Waals surface area (Å²) in [6.45, 7) is 13.9. The third kappa shape index (κ3) is 8.27. The Balaban J connectivity index is 1.15. The molecule has 0 aliphatic heterocycles. The minimum atomic E-state index is -0.0908. The van der Waals surface area contributed by atoms with Crippen molar-refractivity contribution in [3.63, 3.8) is 0 Å². The maximum absolute atomic E-state index is 5.50. The van der Waals surface area contributed by atoms with Gasteiger partial charge in [0.2, 0.25) is 0 Å². The number of hydrogen-bond donors (Lipinski definition) is 0. The normalized spacial score (nSPS) is 12.2. The van der Waals surface area contributed by atoms with Gasteiger partial charge in [0.05, 0.1) is 50.2 Å². The Morgan fingerprint density at radius 3 is 0.940 bits per heavy atom. The topological polar surface area (TPSA) is 53.5 Å². The average Bonchev–Trinajstić information content (AvgIpc) is 3.79. The first-order chi connectivity index (χ1) is 40.5. The fraction of sp³-hybridized carbons (Fsp3) is 0.104. The van der Waals surface area contributed by atoms with E-state index in [4.69, 9.17) is 15.0 Å². The van der Waals surface area contributed by atoms with E-state index >= 15 is 0 Å². The van der Waals surface area contributed by atoms with Gasteiger partial charge in [0, 0.05) is 71.3 Å². The molecule has 15 rings (SSSR count). The number of rotatable bonds is 8. The van der Waals surface area contributed by atoms with Crippen LogP contribution in [0.15, 0.2) is 255 Å². The molecule has 4 aromatic heterocycles. The molecule has 0 bridgehead atoms. The van der Waals surface area contributed by atoms with E-state index in [1.807, 2.05) is 36.4 Å². The predicted octanol–water partition coefficient (Wildman–Crippen LogP) is 20.1. The third-order valence-corrected chi connectivity index (χ3v) is 16.8. The van der Waals surface area contributed by atoms with Crippen LogP contribution < -0.4 is 0 Å². The summed E-state index contributed by atoms with van der Waals surface area (Å²) in [6.07, 6.45) is 0. The zero-order valence-electron chi connectivity index (χ0n) is 47.4. The molecule has 398 valence electrons. The SMILES string of the molecule is CC(C)(C)c1ccc2c(c1)c1cc(C(C)(C)C)ccc1n2-c1c(-c2ccccc2-n2c3ccccc3c3ccccc32)cc(-c2nc(-c3ccccc3)nc(-c3ccccc3)n2)cc1-c1ccccc1-n1c2ccccc2c2ccccc21. The molecule has 0 unspecified atom stereocenters. The van der Waals surface area contributed by atoms with E-state index in [0.29, 0.717) is 17.5 Å². The van der Waals surface area contributed by atoms with Gasteiger partial charge in [0.25, 0.3) is 0 Å². The van der Waals surface area contributed by atoms with Crippen LogP contribution in [0.1, 0.15) is 52.7 Å². The molecule has 6 nitrogen and oxygen atoms in total. The molecule has 0 saturated carbocycles. The van der Waals surface area contributed by atoms with Gasteiger partial charge in [-0.25, -0.2) is 15.0 Å². The van der Waals surface area contributed by atoms with E-state index in [1.54, 1.807) is 0 Å². The van der Waals surface area contributed by atoms with Crippen molar-refractivity contribution in [2.75, 3.05) is 0 Å². The summed E-state index contributed by atoms with van der Waals surface area (Å²) in [4.78, 5) is 16.2. The quantitative estimate of drug-likeness (QED) is 0.152. The largest absolute Gasteiger partial charge is 0.309 e. The molecule has 83 heavy (non-hydrogen) atoms. The average molecular weight is 1070 g/mol. The van der Waals surface area contributed by atoms with Gasteiger partial charge in [0.15, 0.2) is 17.5 Å². The molecule has 0 N–H and O–H groups in total. The Kier molecular flexibility index (Phi) is 11.6. The number of benzene rings is 11. The van der Waals surface area contributed by atoms with E-state index in [2.05, 4.69) is 274 Å². The molecule has 15 aromatic rings. The summed E-state index contributed by atoms with van der Waals surface area (Å²) < 4.78 is 7.49. The van der Waals surface area contributed by atoms with Gasteiger partial charge in [-0.1, -0.05) is 224 Å². The van der Waals surface area contributed by atoms with Crippen LogP contribution in [0.4, 0.5) is 0 Å². The second kappa shape index (κ2) is 19.2. The molecular weight excluding hydrogens is 1010 g/mol. The van der Waals surface area contributed by atoms with E-state index < -0.39 is 0 Å². The molecule has 6 heteroatoms. The van der Waals surface area contributed by atoms with Gasteiger partial charge in [-0.05, 0) is 94.8 Å². The third-order valence-electron chi connectivity index (χ3n) is 16.8. The number of para-hydroxylation sites is 6. The van der Waals surface area contributed by atoms with Crippen molar-refractivity contribution in [2.24, 2.45) is 0 Å². The van der Waals surface area contributed by atoms with Crippen molar-refractivity contribution < 1.29 is 0 Å². The summed E-state index contributed by atoms with van der Waals surface area (Å²) in [5, 5.41) is 7.22. The Bertz CT molecular complexity index is 4630. The monoisotopic (exact) mass is 1070 g/mol. The summed E-state index contributed by atoms with van der Waals surface area (Å²) in [5.74, 6) is 1.77. The van der Waals surface area contributed by atoms with Crippen LogP contribution in [0, 0.1) is 0 Å². The highest BCUT2D eigenvalue weighted by molar-refractivity contribution is 6.14. The second-order valence-corrected chi connectivity index (χ2v) is 24.0. The first-order valence-electron chi connectivity index (χ1n) is 28.8. The first-order valence-corrected chi connectivity index (χ1v) is 28.8. The van der Waals surface area contributed by atoms with Gasteiger partial charge in [-0.15, -0.1) is 0 Å². The van der Waals surface area contributed by atoms with Crippen LogP contribution in [-0.2, 0) is 10.8 Å². The zero-order chi connectivity index (χ0) is 56.1. The van der Waals surface area contributed by atoms with Crippen molar-refractivity contribution in [2.45, 2.75) is 52.4 Å². The lowest BCUT2D eigenvalue weighted by Gasteiger charge is -2.25. The second-order valence-electron chi connectivity index (χ2n) is 24.0. The number of aromatic nitrogens is 6. The maximum atomic E-state index is 5.50. The number of hydrogen-bond acceptors (Lipinski definition) is 3. The molecule has 0 amide bonds. The molecular formula is C77H60N6. The fourth-order valence-corrected chi connectivity index (χ4v) is 12.7. The van der Waals surface area contributed by atoms with Crippen molar-refractivity contribution >= 4 is 65.4 Å². The Hall–Kier alpha value is -10.2. The maximum Gasteiger partial charge on any atom is 0.164 e. The number of nitrogens with zero attached hydrogens (tertiary/aromatic N) is 6. The van der Waals surface area contributed by atoms with Crippen LogP contribution in [0.3, 0.4) is 0 Å². The van der Waals surface area contributed by atoms with E-state index in [9.17, 15) is 0 Å². The van der Waals surface area contributed by atoms with Crippen LogP contribution in [0.2, 0.25) is 0 Å². The molecule has 0 aliphatic carbocycles. The number of fused-ring (bicyclic) bond motifs is 9. The van der Waals surface area contributed by atoms with Gasteiger partial charge >= 0.3 is 0 Å². The highest BCUT2D eigenvalue weighted by atomic mass is 15.0. The van der Waals surface area contributed by atoms with Crippen LogP contribution in [0.25, 0.3) is 139 Å². The highest BCUT2D eigenvalue weighted by Crippen LogP contribution is 2.49. The zero-order valence-corrected chi connectivity index (χ0v) is 47.4. The van der Waals surface area contributed by atoms with Gasteiger partial charge < -0.3 is 13.7 Å². The molecule has 0 fully saturated rings. The summed E-state index contributed by atoms with van der Waals surface area (Å²) in [6, 6.07) is 92.8. The summed E-state index contributed by atoms with van der Waals surface area (Å²) >= 11 is 0. The molecule has 0 radical (unpaired) electrons. The molecule has 11 aromatic carbocycles. The van der Waals surface area contributed by atoms with Crippen molar-refractivity contribution in [1.82, 2.24) is 28.7 Å². The van der Waals surface area contributed by atoms with Crippen molar-refractivity contribution in [1.29, 1.82) is 0 Å². The van der Waals surface area contributed by atoms with Crippen molar-refractivity contribution in [3.8, 4) is 73.5 Å². The predicted molar refractivity (Wildman–Crippen MR) is 347 cm³/mol. The molecule has 0 saturated heterocycles. The lowest BCUT2D eigenvalue weighted by molar-refractivity contribution is 0.590. The van der Waals surface area contributed by atoms with E-state index in [-0.39, 0.29) is 10.8 Å². The van der Waals surface area contributed by atoms with Crippen LogP contribution >= 0.6 is 0 Å². The van der Waals surface area contributed by atoms with Gasteiger partial charge in [-0.2, -0.15) is 0 Å². The lowest BCUT2D eigenvalue weighted by atomic mass is 9.85. The van der Waals surface area contributed by atoms with Gasteiger partial charge in [0.1, 0.15) is 0 Å². The molecule has 0 aliphatic rings. The van der Waals surface area contributed by atoms with Gasteiger partial charge in [-0.3, -0.25) is 0 Å². The Labute approximate surface area is 483 Å². The summed E-state index contributed by atoms with van der Waals surface area (Å²) in [7, 11) is 0. The standard InChI is InChI=1S/C77H60N6/c1-76(2,3)52-41-43-70-60(47-52)61-48-53(77(4,5)6)42-44-71(61)83(70)72-62(58-33-17-23-39-68(58)81-64-35-19-13-29-54(64)55-30-14-20-36-65(55)81)45-51(75-79-73(49-25-9-7-10-26-49)78-74(80-75)50-27-11-8-12-28-50)46-63(72)59-34-18-24-40-69(59)82-66-37-21-15-31-56(66)57-32-16-22-38-67(57)82/h7-48H,1-6H3. The fourth-order valence-electron chi connectivity index (χ4n) is 12.7. The molecule has 0 spiro atoms. The van der Waals surface area contributed by atoms with Crippen LogP contribution in [0.5, 0.6) is 0 Å². The summed E-state index contributed by atoms with van der Waals surface area (Å²) in [5.41, 5.74) is 19.2. The lowest BCUT2D eigenvalue weighted by Crippen LogP contribution is -2.10. The smallest absolute Gasteiger partial charge is 0.164 e.